The molecule has 0 amide bonds. The van der Waals surface area contributed by atoms with Gasteiger partial charge in [-0.15, -0.1) is 0 Å². The first-order valence-corrected chi connectivity index (χ1v) is 7.12. The molecule has 5 heteroatoms. The van der Waals surface area contributed by atoms with E-state index in [1.54, 1.807) is 0 Å². The van der Waals surface area contributed by atoms with E-state index in [1.165, 1.54) is 20.1 Å². The Morgan fingerprint density at radius 2 is 2.05 bits per heavy atom. The average molecular weight is 304 g/mol. The molecule has 1 heterocycles. The van der Waals surface area contributed by atoms with Crippen LogP contribution in [0.4, 0.5) is 0 Å². The van der Waals surface area contributed by atoms with Gasteiger partial charge in [0.05, 0.1) is 19.8 Å². The monoisotopic (exact) mass is 304 g/mol. The number of allylic oxidation sites excluding steroid dienone is 1. The molecule has 1 aliphatic rings. The summed E-state index contributed by atoms with van der Waals surface area (Å²) in [6.07, 6.45) is 2.59. The van der Waals surface area contributed by atoms with Gasteiger partial charge >= 0.3 is 11.9 Å². The number of benzene rings is 1. The van der Waals surface area contributed by atoms with Crippen molar-refractivity contribution < 1.29 is 23.8 Å². The van der Waals surface area contributed by atoms with E-state index >= 15 is 0 Å². The average Bonchev–Trinajstić information content (AvgIpc) is 2.89. The van der Waals surface area contributed by atoms with Gasteiger partial charge in [-0.05, 0) is 12.0 Å². The first-order chi connectivity index (χ1) is 10.5. The van der Waals surface area contributed by atoms with Crippen molar-refractivity contribution in [1.82, 2.24) is 0 Å². The number of hydrogen-bond acceptors (Lipinski definition) is 5. The number of ether oxygens (including phenoxy) is 3. The van der Waals surface area contributed by atoms with Crippen molar-refractivity contribution >= 4 is 11.9 Å². The summed E-state index contributed by atoms with van der Waals surface area (Å²) in [5.74, 6) is -0.203. The normalized spacial score (nSPS) is 22.2. The molecular formula is C17H20O5. The fourth-order valence-electron chi connectivity index (χ4n) is 2.54. The molecule has 2 rings (SSSR count). The molecule has 0 radical (unpaired) electrons. The van der Waals surface area contributed by atoms with E-state index < -0.39 is 5.97 Å². The summed E-state index contributed by atoms with van der Waals surface area (Å²) in [6, 6.07) is 9.94. The molecule has 22 heavy (non-hydrogen) atoms. The molecule has 5 nitrogen and oxygen atoms in total. The lowest BCUT2D eigenvalue weighted by atomic mass is 9.81. The largest absolute Gasteiger partial charge is 0.497 e. The molecule has 118 valence electrons. The predicted octanol–water partition coefficient (Wildman–Crippen LogP) is 2.26. The van der Waals surface area contributed by atoms with Crippen molar-refractivity contribution in [3.63, 3.8) is 0 Å². The number of carbonyl (C=O) groups excluding carboxylic acids is 2. The lowest BCUT2D eigenvalue weighted by Gasteiger charge is -2.25. The van der Waals surface area contributed by atoms with E-state index in [2.05, 4.69) is 4.74 Å². The second-order valence-corrected chi connectivity index (χ2v) is 5.54. The van der Waals surface area contributed by atoms with Gasteiger partial charge < -0.3 is 14.2 Å². The third-order valence-electron chi connectivity index (χ3n) is 3.60. The van der Waals surface area contributed by atoms with Gasteiger partial charge in [-0.2, -0.15) is 0 Å². The summed E-state index contributed by atoms with van der Waals surface area (Å²) in [5.41, 5.74) is 0.782. The van der Waals surface area contributed by atoms with Crippen molar-refractivity contribution in [3.8, 4) is 0 Å². The van der Waals surface area contributed by atoms with Crippen molar-refractivity contribution in [2.75, 3.05) is 20.3 Å². The van der Waals surface area contributed by atoms with E-state index in [-0.39, 0.29) is 18.0 Å². The van der Waals surface area contributed by atoms with Crippen molar-refractivity contribution in [2.45, 2.75) is 19.8 Å². The molecule has 1 atom stereocenters. The molecule has 0 aromatic heterocycles. The molecule has 0 aliphatic carbocycles. The molecule has 0 saturated carbocycles. The van der Waals surface area contributed by atoms with Gasteiger partial charge in [-0.3, -0.25) is 4.79 Å². The van der Waals surface area contributed by atoms with Gasteiger partial charge in [0.1, 0.15) is 12.4 Å². The van der Waals surface area contributed by atoms with E-state index in [9.17, 15) is 9.59 Å². The Hall–Kier alpha value is -2.30. The lowest BCUT2D eigenvalue weighted by Crippen LogP contribution is -2.31. The Labute approximate surface area is 129 Å². The second kappa shape index (κ2) is 7.11. The molecule has 0 N–H and O–H groups in total. The number of methoxy groups -OCH3 is 1. The zero-order valence-electron chi connectivity index (χ0n) is 12.8. The topological polar surface area (TPSA) is 61.8 Å². The summed E-state index contributed by atoms with van der Waals surface area (Å²) >= 11 is 0. The highest BCUT2D eigenvalue weighted by atomic mass is 16.5. The Balaban J connectivity index is 2.15. The molecule has 1 unspecified atom stereocenters. The quantitative estimate of drug-likeness (QED) is 0.617. The highest BCUT2D eigenvalue weighted by Gasteiger charge is 2.40. The van der Waals surface area contributed by atoms with E-state index in [0.717, 1.165) is 5.56 Å². The molecule has 0 bridgehead atoms. The Bertz CT molecular complexity index is 564. The lowest BCUT2D eigenvalue weighted by molar-refractivity contribution is -0.144. The molecule has 1 saturated heterocycles. The molecular weight excluding hydrogens is 284 g/mol. The predicted molar refractivity (Wildman–Crippen MR) is 79.9 cm³/mol. The van der Waals surface area contributed by atoms with Gasteiger partial charge in [-0.1, -0.05) is 30.3 Å². The Morgan fingerprint density at radius 1 is 1.32 bits per heavy atom. The molecule has 1 aromatic carbocycles. The highest BCUT2D eigenvalue weighted by Crippen LogP contribution is 2.38. The van der Waals surface area contributed by atoms with Crippen molar-refractivity contribution in [1.29, 1.82) is 0 Å². The Kier molecular flexibility index (Phi) is 5.20. The van der Waals surface area contributed by atoms with Crippen LogP contribution >= 0.6 is 0 Å². The molecule has 1 aliphatic heterocycles. The van der Waals surface area contributed by atoms with Crippen LogP contribution in [0, 0.1) is 5.41 Å². The van der Waals surface area contributed by atoms with Crippen molar-refractivity contribution in [2.24, 2.45) is 5.41 Å². The summed E-state index contributed by atoms with van der Waals surface area (Å²) in [4.78, 5) is 22.5. The SMILES string of the molecule is COC(=O)/C=C1\CC(COC(C)=O)(Cc2ccccc2)CO1. The number of carbonyl (C=O) groups is 2. The van der Waals surface area contributed by atoms with Crippen LogP contribution in [0.5, 0.6) is 0 Å². The second-order valence-electron chi connectivity index (χ2n) is 5.54. The van der Waals surface area contributed by atoms with Gasteiger partial charge in [0.2, 0.25) is 0 Å². The zero-order valence-corrected chi connectivity index (χ0v) is 12.8. The maximum absolute atomic E-state index is 11.3. The summed E-state index contributed by atoms with van der Waals surface area (Å²) in [6.45, 7) is 2.05. The number of hydrogen-bond donors (Lipinski definition) is 0. The fourth-order valence-corrected chi connectivity index (χ4v) is 2.54. The summed E-state index contributed by atoms with van der Waals surface area (Å²) in [5, 5.41) is 0. The van der Waals surface area contributed by atoms with Crippen LogP contribution in [0.25, 0.3) is 0 Å². The maximum Gasteiger partial charge on any atom is 0.333 e. The minimum Gasteiger partial charge on any atom is -0.497 e. The standard InChI is InChI=1S/C17H20O5/c1-13(18)21-11-17(9-14-6-4-3-5-7-14)10-15(22-12-17)8-16(19)20-2/h3-8H,9-12H2,1-2H3/b15-8+. The highest BCUT2D eigenvalue weighted by molar-refractivity contribution is 5.82. The van der Waals surface area contributed by atoms with Crippen LogP contribution in [0.2, 0.25) is 0 Å². The number of rotatable bonds is 5. The van der Waals surface area contributed by atoms with E-state index in [4.69, 9.17) is 9.47 Å². The molecule has 1 aromatic rings. The van der Waals surface area contributed by atoms with Crippen LogP contribution in [-0.4, -0.2) is 32.3 Å². The van der Waals surface area contributed by atoms with Gasteiger partial charge in [-0.25, -0.2) is 4.79 Å². The Morgan fingerprint density at radius 3 is 2.68 bits per heavy atom. The zero-order chi connectivity index (χ0) is 16.0. The first-order valence-electron chi connectivity index (χ1n) is 7.12. The van der Waals surface area contributed by atoms with Crippen molar-refractivity contribution in [3.05, 3.63) is 47.7 Å². The van der Waals surface area contributed by atoms with Gasteiger partial charge in [0.15, 0.2) is 0 Å². The fraction of sp³-hybridized carbons (Fsp3) is 0.412. The minimum absolute atomic E-state index is 0.260. The van der Waals surface area contributed by atoms with Crippen LogP contribution in [0.15, 0.2) is 42.2 Å². The maximum atomic E-state index is 11.3. The van der Waals surface area contributed by atoms with Crippen LogP contribution in [-0.2, 0) is 30.2 Å². The van der Waals surface area contributed by atoms with E-state index in [0.29, 0.717) is 25.2 Å². The van der Waals surface area contributed by atoms with Crippen LogP contribution < -0.4 is 0 Å². The molecule has 1 fully saturated rings. The minimum atomic E-state index is -0.446. The van der Waals surface area contributed by atoms with Gasteiger partial charge in [0.25, 0.3) is 0 Å². The first kappa shape index (κ1) is 16.1. The summed E-state index contributed by atoms with van der Waals surface area (Å²) in [7, 11) is 1.32. The third-order valence-corrected chi connectivity index (χ3v) is 3.60. The smallest absolute Gasteiger partial charge is 0.333 e. The van der Waals surface area contributed by atoms with E-state index in [1.807, 2.05) is 30.3 Å². The van der Waals surface area contributed by atoms with Gasteiger partial charge in [0, 0.05) is 18.8 Å². The summed E-state index contributed by atoms with van der Waals surface area (Å²) < 4.78 is 15.4. The van der Waals surface area contributed by atoms with Crippen LogP contribution in [0.1, 0.15) is 18.9 Å². The third kappa shape index (κ3) is 4.35. The van der Waals surface area contributed by atoms with Crippen LogP contribution in [0.3, 0.4) is 0 Å². The number of esters is 2. The molecule has 0 spiro atoms.